The van der Waals surface area contributed by atoms with Crippen molar-refractivity contribution in [2.45, 2.75) is 53.1 Å². The summed E-state index contributed by atoms with van der Waals surface area (Å²) in [5.41, 5.74) is 1.26. The van der Waals surface area contributed by atoms with E-state index in [4.69, 9.17) is 0 Å². The third-order valence-electron chi connectivity index (χ3n) is 2.95. The van der Waals surface area contributed by atoms with E-state index in [-0.39, 0.29) is 0 Å². The van der Waals surface area contributed by atoms with E-state index in [1.165, 1.54) is 12.0 Å². The van der Waals surface area contributed by atoms with E-state index in [2.05, 4.69) is 55.0 Å². The second-order valence-electron chi connectivity index (χ2n) is 4.99. The Morgan fingerprint density at radius 3 is 2.50 bits per heavy atom. The molecule has 0 saturated heterocycles. The summed E-state index contributed by atoms with van der Waals surface area (Å²) in [5, 5.41) is 3.39. The molecule has 1 N–H and O–H groups in total. The van der Waals surface area contributed by atoms with Crippen LogP contribution in [0, 0.1) is 0 Å². The Morgan fingerprint density at radius 1 is 1.22 bits per heavy atom. The molecule has 18 heavy (non-hydrogen) atoms. The highest BCUT2D eigenvalue weighted by Crippen LogP contribution is 2.14. The molecule has 3 nitrogen and oxygen atoms in total. The molecule has 0 aliphatic carbocycles. The van der Waals surface area contributed by atoms with E-state index in [0.717, 1.165) is 31.9 Å². The number of nitrogens with one attached hydrogen (secondary N) is 1. The highest BCUT2D eigenvalue weighted by atomic mass is 15.2. The maximum Gasteiger partial charge on any atom is 0.128 e. The Bertz CT molecular complexity index is 319. The third kappa shape index (κ3) is 4.65. The Morgan fingerprint density at radius 2 is 2.00 bits per heavy atom. The van der Waals surface area contributed by atoms with Crippen LogP contribution in [0.25, 0.3) is 0 Å². The van der Waals surface area contributed by atoms with Gasteiger partial charge in [-0.25, -0.2) is 4.98 Å². The maximum absolute atomic E-state index is 4.58. The average Bonchev–Trinajstić information content (AvgIpc) is 2.37. The summed E-state index contributed by atoms with van der Waals surface area (Å²) in [6.07, 6.45) is 4.31. The summed E-state index contributed by atoms with van der Waals surface area (Å²) >= 11 is 0. The predicted octanol–water partition coefficient (Wildman–Crippen LogP) is 3.21. The van der Waals surface area contributed by atoms with E-state index in [0.29, 0.717) is 6.04 Å². The van der Waals surface area contributed by atoms with E-state index >= 15 is 0 Å². The van der Waals surface area contributed by atoms with Crippen molar-refractivity contribution in [2.75, 3.05) is 18.0 Å². The fraction of sp³-hybridized carbons (Fsp3) is 0.667. The van der Waals surface area contributed by atoms with Gasteiger partial charge in [-0.05, 0) is 44.9 Å². The minimum Gasteiger partial charge on any atom is -0.354 e. The smallest absolute Gasteiger partial charge is 0.128 e. The molecule has 0 aromatic carbocycles. The van der Waals surface area contributed by atoms with Crippen LogP contribution in [-0.4, -0.2) is 24.1 Å². The van der Waals surface area contributed by atoms with Crippen molar-refractivity contribution in [1.82, 2.24) is 10.3 Å². The monoisotopic (exact) mass is 249 g/mol. The van der Waals surface area contributed by atoms with Crippen molar-refractivity contribution >= 4 is 5.82 Å². The highest BCUT2D eigenvalue weighted by molar-refractivity contribution is 5.40. The van der Waals surface area contributed by atoms with Gasteiger partial charge in [-0.2, -0.15) is 0 Å². The zero-order chi connectivity index (χ0) is 13.4. The molecule has 0 atom stereocenters. The molecular formula is C15H27N3. The fourth-order valence-electron chi connectivity index (χ4n) is 1.98. The lowest BCUT2D eigenvalue weighted by molar-refractivity contribution is 0.657. The topological polar surface area (TPSA) is 28.2 Å². The van der Waals surface area contributed by atoms with Crippen LogP contribution in [0.4, 0.5) is 5.82 Å². The molecule has 1 heterocycles. The minimum absolute atomic E-state index is 0.501. The van der Waals surface area contributed by atoms with Crippen LogP contribution in [-0.2, 0) is 6.54 Å². The molecule has 1 aromatic heterocycles. The van der Waals surface area contributed by atoms with Gasteiger partial charge in [0.15, 0.2) is 0 Å². The minimum atomic E-state index is 0.501. The van der Waals surface area contributed by atoms with E-state index in [1.54, 1.807) is 0 Å². The zero-order valence-electron chi connectivity index (χ0n) is 12.2. The standard InChI is InChI=1S/C15H27N3/c1-5-9-16-11-14-7-8-15(17-12-14)18(10-6-2)13(3)4/h7-8,12-13,16H,5-6,9-11H2,1-4H3. The molecule has 0 radical (unpaired) electrons. The Balaban J connectivity index is 2.62. The summed E-state index contributed by atoms with van der Waals surface area (Å²) < 4.78 is 0. The first-order valence-electron chi connectivity index (χ1n) is 7.11. The van der Waals surface area contributed by atoms with E-state index in [1.807, 2.05) is 6.20 Å². The summed E-state index contributed by atoms with van der Waals surface area (Å²) in [4.78, 5) is 6.93. The number of pyridine rings is 1. The summed E-state index contributed by atoms with van der Waals surface area (Å²) in [6, 6.07) is 4.82. The molecular weight excluding hydrogens is 222 g/mol. The second kappa shape index (κ2) is 8.09. The van der Waals surface area contributed by atoms with Crippen molar-refractivity contribution in [3.05, 3.63) is 23.9 Å². The SMILES string of the molecule is CCCNCc1ccc(N(CCC)C(C)C)nc1. The first-order valence-corrected chi connectivity index (χ1v) is 7.11. The first-order chi connectivity index (χ1) is 8.69. The molecule has 0 fully saturated rings. The average molecular weight is 249 g/mol. The van der Waals surface area contributed by atoms with Crippen LogP contribution < -0.4 is 10.2 Å². The van der Waals surface area contributed by atoms with Crippen molar-refractivity contribution in [3.63, 3.8) is 0 Å². The van der Waals surface area contributed by atoms with Crippen LogP contribution in [0.2, 0.25) is 0 Å². The summed E-state index contributed by atoms with van der Waals surface area (Å²) in [6.45, 7) is 11.9. The lowest BCUT2D eigenvalue weighted by Gasteiger charge is -2.27. The molecule has 0 aliphatic heterocycles. The highest BCUT2D eigenvalue weighted by Gasteiger charge is 2.10. The largest absolute Gasteiger partial charge is 0.354 e. The van der Waals surface area contributed by atoms with Crippen LogP contribution in [0.15, 0.2) is 18.3 Å². The fourth-order valence-corrected chi connectivity index (χ4v) is 1.98. The van der Waals surface area contributed by atoms with Gasteiger partial charge in [-0.15, -0.1) is 0 Å². The summed E-state index contributed by atoms with van der Waals surface area (Å²) in [5.74, 6) is 1.09. The Hall–Kier alpha value is -1.09. The lowest BCUT2D eigenvalue weighted by Crippen LogP contribution is -2.32. The number of hydrogen-bond acceptors (Lipinski definition) is 3. The molecule has 102 valence electrons. The van der Waals surface area contributed by atoms with Gasteiger partial charge < -0.3 is 10.2 Å². The number of hydrogen-bond donors (Lipinski definition) is 1. The molecule has 1 aromatic rings. The number of aromatic nitrogens is 1. The van der Waals surface area contributed by atoms with E-state index < -0.39 is 0 Å². The molecule has 0 unspecified atom stereocenters. The normalized spacial score (nSPS) is 10.9. The lowest BCUT2D eigenvalue weighted by atomic mass is 10.2. The number of rotatable bonds is 8. The van der Waals surface area contributed by atoms with Gasteiger partial charge in [0.25, 0.3) is 0 Å². The van der Waals surface area contributed by atoms with Gasteiger partial charge in [0.05, 0.1) is 0 Å². The van der Waals surface area contributed by atoms with Gasteiger partial charge in [-0.1, -0.05) is 19.9 Å². The van der Waals surface area contributed by atoms with Crippen molar-refractivity contribution in [3.8, 4) is 0 Å². The molecule has 0 aliphatic rings. The van der Waals surface area contributed by atoms with Gasteiger partial charge in [0, 0.05) is 25.3 Å². The van der Waals surface area contributed by atoms with Gasteiger partial charge >= 0.3 is 0 Å². The van der Waals surface area contributed by atoms with Gasteiger partial charge in [-0.3, -0.25) is 0 Å². The number of nitrogens with zero attached hydrogens (tertiary/aromatic N) is 2. The third-order valence-corrected chi connectivity index (χ3v) is 2.95. The van der Waals surface area contributed by atoms with Crippen LogP contribution >= 0.6 is 0 Å². The number of anilines is 1. The Labute approximate surface area is 112 Å². The molecule has 0 bridgehead atoms. The van der Waals surface area contributed by atoms with Crippen LogP contribution in [0.5, 0.6) is 0 Å². The summed E-state index contributed by atoms with van der Waals surface area (Å²) in [7, 11) is 0. The second-order valence-corrected chi connectivity index (χ2v) is 4.99. The van der Waals surface area contributed by atoms with Crippen molar-refractivity contribution < 1.29 is 0 Å². The van der Waals surface area contributed by atoms with Gasteiger partial charge in [0.2, 0.25) is 0 Å². The quantitative estimate of drug-likeness (QED) is 0.717. The predicted molar refractivity (Wildman–Crippen MR) is 79.0 cm³/mol. The van der Waals surface area contributed by atoms with Crippen LogP contribution in [0.3, 0.4) is 0 Å². The molecule has 1 rings (SSSR count). The molecule has 0 amide bonds. The van der Waals surface area contributed by atoms with Crippen LogP contribution in [0.1, 0.15) is 46.1 Å². The maximum atomic E-state index is 4.58. The van der Waals surface area contributed by atoms with Gasteiger partial charge in [0.1, 0.15) is 5.82 Å². The molecule has 0 spiro atoms. The first kappa shape index (κ1) is 15.0. The van der Waals surface area contributed by atoms with E-state index in [9.17, 15) is 0 Å². The molecule has 0 saturated carbocycles. The zero-order valence-corrected chi connectivity index (χ0v) is 12.2. The molecule has 3 heteroatoms. The van der Waals surface area contributed by atoms with Crippen molar-refractivity contribution in [1.29, 1.82) is 0 Å². The van der Waals surface area contributed by atoms with Crippen molar-refractivity contribution in [2.24, 2.45) is 0 Å². The Kier molecular flexibility index (Phi) is 6.73.